The number of aromatic nitrogens is 3. The van der Waals surface area contributed by atoms with E-state index in [4.69, 9.17) is 4.98 Å². The minimum atomic E-state index is -0.662. The van der Waals surface area contributed by atoms with E-state index in [0.29, 0.717) is 0 Å². The first-order chi connectivity index (χ1) is 24.2. The van der Waals surface area contributed by atoms with E-state index in [2.05, 4.69) is 148 Å². The van der Waals surface area contributed by atoms with Crippen LogP contribution in [0.2, 0.25) is 0 Å². The van der Waals surface area contributed by atoms with Crippen LogP contribution >= 0.6 is 0 Å². The Morgan fingerprint density at radius 3 is 2.18 bits per heavy atom. The quantitative estimate of drug-likeness (QED) is 0.163. The topological polar surface area (TPSA) is 37.2 Å². The van der Waals surface area contributed by atoms with Crippen molar-refractivity contribution in [2.75, 3.05) is 16.8 Å². The van der Waals surface area contributed by atoms with Crippen LogP contribution in [0.15, 0.2) is 140 Å². The third kappa shape index (κ3) is 4.36. The number of rotatable bonds is 5. The fourth-order valence-electron chi connectivity index (χ4n) is 8.05. The molecule has 0 spiro atoms. The van der Waals surface area contributed by atoms with Crippen molar-refractivity contribution in [1.82, 2.24) is 14.5 Å². The number of fused-ring (bicyclic) bond motifs is 7. The number of hydrogen-bond acceptors (Lipinski definition) is 4. The number of nitrogens with zero attached hydrogens (tertiary/aromatic N) is 5. The summed E-state index contributed by atoms with van der Waals surface area (Å²) in [5, 5.41) is 2.43. The van der Waals surface area contributed by atoms with Crippen LogP contribution in [0.25, 0.3) is 32.9 Å². The molecule has 0 radical (unpaired) electrons. The molecular weight excluding hydrogens is 794 g/mol. The average Bonchev–Trinajstić information content (AvgIpc) is 3.78. The van der Waals surface area contributed by atoms with Gasteiger partial charge in [0.2, 0.25) is 0 Å². The summed E-state index contributed by atoms with van der Waals surface area (Å²) in [6.07, 6.45) is 3.47. The maximum Gasteiger partial charge on any atom is 4.00 e. The van der Waals surface area contributed by atoms with Crippen LogP contribution < -0.4 is 9.80 Å². The predicted octanol–water partition coefficient (Wildman–Crippen LogP) is 9.10. The zero-order valence-electron chi connectivity index (χ0n) is 27.1. The summed E-state index contributed by atoms with van der Waals surface area (Å²) in [4.78, 5) is 13.4. The summed E-state index contributed by atoms with van der Waals surface area (Å²) in [6, 6.07) is 56.8. The molecule has 0 saturated carbocycles. The van der Waals surface area contributed by atoms with Crippen molar-refractivity contribution in [3.63, 3.8) is 0 Å². The maximum atomic E-state index is 4.70. The van der Waals surface area contributed by atoms with E-state index in [-0.39, 0.29) is 21.1 Å². The molecule has 0 amide bonds. The van der Waals surface area contributed by atoms with E-state index in [1.165, 1.54) is 38.5 Å². The summed E-state index contributed by atoms with van der Waals surface area (Å²) in [5.74, 6) is 1.60. The van der Waals surface area contributed by atoms with Crippen molar-refractivity contribution < 1.29 is 21.1 Å². The van der Waals surface area contributed by atoms with Crippen LogP contribution in [0.1, 0.15) is 27.8 Å². The van der Waals surface area contributed by atoms with Crippen LogP contribution in [-0.4, -0.2) is 21.6 Å². The summed E-state index contributed by atoms with van der Waals surface area (Å²) in [6.45, 7) is 2.76. The summed E-state index contributed by atoms with van der Waals surface area (Å²) in [5.41, 5.74) is 10.8. The molecule has 5 nitrogen and oxygen atoms in total. The van der Waals surface area contributed by atoms with Crippen molar-refractivity contribution >= 4 is 39.1 Å². The Hall–Kier alpha value is -5.51. The van der Waals surface area contributed by atoms with Gasteiger partial charge < -0.3 is 14.4 Å². The minimum Gasteiger partial charge on any atom is -0.487 e. The van der Waals surface area contributed by atoms with Crippen molar-refractivity contribution in [2.24, 2.45) is 0 Å². The molecule has 0 bridgehead atoms. The minimum absolute atomic E-state index is 0. The van der Waals surface area contributed by atoms with Crippen molar-refractivity contribution in [1.29, 1.82) is 0 Å². The van der Waals surface area contributed by atoms with E-state index < -0.39 is 5.41 Å². The smallest absolute Gasteiger partial charge is 0.487 e. The van der Waals surface area contributed by atoms with Gasteiger partial charge in [-0.2, -0.15) is 72.8 Å². The molecule has 0 fully saturated rings. The molecule has 50 heavy (non-hydrogen) atoms. The van der Waals surface area contributed by atoms with Crippen LogP contribution in [-0.2, 0) is 33.0 Å². The average molecular weight is 823 g/mol. The number of anilines is 3. The second-order valence-electron chi connectivity index (χ2n) is 12.7. The molecule has 6 heteroatoms. The number of benzene rings is 6. The molecule has 3 heterocycles. The third-order valence-corrected chi connectivity index (χ3v) is 10.1. The molecule has 240 valence electrons. The second-order valence-corrected chi connectivity index (χ2v) is 12.7. The van der Waals surface area contributed by atoms with Gasteiger partial charge in [0.1, 0.15) is 11.6 Å². The molecule has 0 N–H and O–H groups in total. The first-order valence-electron chi connectivity index (χ1n) is 16.5. The van der Waals surface area contributed by atoms with E-state index in [9.17, 15) is 0 Å². The van der Waals surface area contributed by atoms with E-state index in [1.807, 2.05) is 30.7 Å². The summed E-state index contributed by atoms with van der Waals surface area (Å²) < 4.78 is 2.39. The molecule has 2 aromatic heterocycles. The van der Waals surface area contributed by atoms with Gasteiger partial charge in [0, 0.05) is 29.9 Å². The molecule has 6 aromatic carbocycles. The van der Waals surface area contributed by atoms with Gasteiger partial charge in [-0.05, 0) is 40.8 Å². The SMILES string of the molecule is CN1[CH-]N(c2[c-]c(C3(c4[c-]cc5c(c4)c4ccccc4n5Cc4[c-]cccc4)c4ccccc4-c4ccccc43)ccc2)c2nccnc21.[Pt+4]. The molecule has 10 rings (SSSR count). The molecule has 0 atom stereocenters. The van der Waals surface area contributed by atoms with Gasteiger partial charge in [0.05, 0.1) is 0 Å². The van der Waals surface area contributed by atoms with E-state index >= 15 is 0 Å². The fourth-order valence-corrected chi connectivity index (χ4v) is 8.05. The maximum absolute atomic E-state index is 4.70. The molecule has 8 aromatic rings. The monoisotopic (exact) mass is 822 g/mol. The standard InChI is InChI=1S/C44H29N5.Pt/c1-47-29-49(43-42(47)45-24-25-46-43)33-15-11-14-31(26-33)44(38-19-8-5-16-34(38)35-17-6-9-20-39(35)44)32-22-23-41-37(27-32)36-18-7-10-21-40(36)48(41)28-30-12-3-2-4-13-30;/h2-12,14-21,23-25,27,29H,28H2,1H3;/q-4;+4. The molecule has 2 aliphatic rings. The Bertz CT molecular complexity index is 2510. The first-order valence-corrected chi connectivity index (χ1v) is 16.5. The normalized spacial score (nSPS) is 14.0. The van der Waals surface area contributed by atoms with Gasteiger partial charge in [-0.25, -0.2) is 9.97 Å². The first kappa shape index (κ1) is 30.5. The number of hydrogen-bond donors (Lipinski definition) is 0. The van der Waals surface area contributed by atoms with Crippen molar-refractivity contribution in [3.8, 4) is 11.1 Å². The van der Waals surface area contributed by atoms with Crippen LogP contribution in [0, 0.1) is 24.9 Å². The Balaban J connectivity index is 0.00000336. The Kier molecular flexibility index (Phi) is 7.22. The Morgan fingerprint density at radius 1 is 0.680 bits per heavy atom. The van der Waals surface area contributed by atoms with E-state index in [0.717, 1.165) is 46.1 Å². The predicted molar refractivity (Wildman–Crippen MR) is 196 cm³/mol. The van der Waals surface area contributed by atoms with Crippen molar-refractivity contribution in [2.45, 2.75) is 12.0 Å². The van der Waals surface area contributed by atoms with Gasteiger partial charge in [0.15, 0.2) is 0 Å². The van der Waals surface area contributed by atoms with Crippen molar-refractivity contribution in [3.05, 3.63) is 192 Å². The van der Waals surface area contributed by atoms with Gasteiger partial charge in [0.25, 0.3) is 0 Å². The zero-order chi connectivity index (χ0) is 32.5. The molecule has 0 unspecified atom stereocenters. The van der Waals surface area contributed by atoms with Crippen LogP contribution in [0.5, 0.6) is 0 Å². The largest absolute Gasteiger partial charge is 4.00 e. The molecule has 1 aliphatic heterocycles. The van der Waals surface area contributed by atoms with Gasteiger partial charge in [-0.15, -0.1) is 34.4 Å². The third-order valence-electron chi connectivity index (χ3n) is 10.1. The number of para-hydroxylation sites is 1. The zero-order valence-corrected chi connectivity index (χ0v) is 29.4. The van der Waals surface area contributed by atoms with Crippen LogP contribution in [0.3, 0.4) is 0 Å². The van der Waals surface area contributed by atoms with E-state index in [1.54, 1.807) is 12.4 Å². The van der Waals surface area contributed by atoms with Gasteiger partial charge in [-0.1, -0.05) is 72.2 Å². The Morgan fingerprint density at radius 2 is 1.40 bits per heavy atom. The second kappa shape index (κ2) is 11.8. The molecule has 1 aliphatic carbocycles. The molecular formula is C44H29N5Pt. The fraction of sp³-hybridized carbons (Fsp3) is 0.0682. The molecule has 0 saturated heterocycles. The summed E-state index contributed by atoms with van der Waals surface area (Å²) in [7, 11) is 2.00. The van der Waals surface area contributed by atoms with Gasteiger partial charge >= 0.3 is 21.1 Å². The summed E-state index contributed by atoms with van der Waals surface area (Å²) >= 11 is 0. The van der Waals surface area contributed by atoms with Gasteiger partial charge in [-0.3, -0.25) is 0 Å². The van der Waals surface area contributed by atoms with Crippen LogP contribution in [0.4, 0.5) is 17.3 Å². The Labute approximate surface area is 305 Å².